The number of hydrogen-bond acceptors (Lipinski definition) is 6. The molecule has 2 heterocycles. The van der Waals surface area contributed by atoms with Gasteiger partial charge < -0.3 is 27.1 Å². The van der Waals surface area contributed by atoms with E-state index in [-0.39, 0.29) is 21.7 Å². The zero-order valence-electron chi connectivity index (χ0n) is 29.6. The van der Waals surface area contributed by atoms with Crippen LogP contribution in [0.1, 0.15) is 116 Å². The van der Waals surface area contributed by atoms with Gasteiger partial charge in [0.25, 0.3) is 0 Å². The predicted molar refractivity (Wildman–Crippen MR) is 189 cm³/mol. The highest BCUT2D eigenvalue weighted by atomic mass is 31.2. The summed E-state index contributed by atoms with van der Waals surface area (Å²) in [6.45, 7) is 36.0. The van der Waals surface area contributed by atoms with Crippen LogP contribution in [0.15, 0.2) is 37.4 Å². The second-order valence-corrected chi connectivity index (χ2v) is 18.8. The summed E-state index contributed by atoms with van der Waals surface area (Å²) in [6.07, 6.45) is 3.78. The van der Waals surface area contributed by atoms with Crippen LogP contribution in [0.5, 0.6) is 11.5 Å². The fourth-order valence-electron chi connectivity index (χ4n) is 5.30. The van der Waals surface area contributed by atoms with Crippen molar-refractivity contribution in [1.29, 1.82) is 0 Å². The van der Waals surface area contributed by atoms with Gasteiger partial charge in [0.1, 0.15) is 11.5 Å². The second kappa shape index (κ2) is 13.0. The van der Waals surface area contributed by atoms with E-state index < -0.39 is 22.6 Å². The van der Waals surface area contributed by atoms with Gasteiger partial charge in [-0.3, -0.25) is 0 Å². The fourth-order valence-corrected chi connectivity index (χ4v) is 7.87. The van der Waals surface area contributed by atoms with E-state index in [4.69, 9.17) is 27.1 Å². The van der Waals surface area contributed by atoms with E-state index in [1.54, 1.807) is 0 Å². The van der Waals surface area contributed by atoms with Crippen LogP contribution < -0.4 is 9.05 Å². The molecule has 0 unspecified atom stereocenters. The van der Waals surface area contributed by atoms with Gasteiger partial charge in [0, 0.05) is 22.3 Å². The Balaban J connectivity index is 1.48. The van der Waals surface area contributed by atoms with E-state index in [9.17, 15) is 0 Å². The summed E-state index contributed by atoms with van der Waals surface area (Å²) in [6, 6.07) is 8.63. The van der Waals surface area contributed by atoms with Gasteiger partial charge in [-0.15, -0.1) is 0 Å². The average molecular weight is 657 g/mol. The van der Waals surface area contributed by atoms with Crippen LogP contribution in [0.2, 0.25) is 0 Å². The molecule has 0 bridgehead atoms. The lowest BCUT2D eigenvalue weighted by Gasteiger charge is -2.42. The summed E-state index contributed by atoms with van der Waals surface area (Å²) in [5.74, 6) is 1.67. The number of benzene rings is 2. The van der Waals surface area contributed by atoms with E-state index in [0.29, 0.717) is 26.4 Å². The van der Waals surface area contributed by atoms with E-state index in [1.165, 1.54) is 0 Å². The molecule has 0 amide bonds. The highest BCUT2D eigenvalue weighted by molar-refractivity contribution is 7.42. The van der Waals surface area contributed by atoms with Gasteiger partial charge >= 0.3 is 17.2 Å². The quantitative estimate of drug-likeness (QED) is 0.289. The molecule has 4 rings (SSSR count). The molecule has 2 aliphatic rings. The van der Waals surface area contributed by atoms with Crippen LogP contribution >= 0.6 is 17.2 Å². The standard InChI is InChI=1S/C37H54O6P2/c1-15-25-17-27(33(3,4)5)31(28(18-25)34(6,7)8)42-44-38-21-37(22-39-44)23-40-45(41-24-37)43-32-29(35(9,10)11)19-26(16-2)20-30(32)36(12,13)14/h15-20H,1-2,21-24H2,3-14H3. The SMILES string of the molecule is C=Cc1cc(C(C)(C)C)c(OP2OCC3(CO2)COP(Oc2c(C(C)(C)C)cc(C=C)cc2C(C)(C)C)OC3)c(C(C)(C)C)c1. The van der Waals surface area contributed by atoms with Crippen molar-refractivity contribution in [3.8, 4) is 11.5 Å². The average Bonchev–Trinajstić information content (AvgIpc) is 2.93. The molecule has 0 aromatic heterocycles. The first kappa shape index (κ1) is 36.1. The van der Waals surface area contributed by atoms with E-state index >= 15 is 0 Å². The maximum Gasteiger partial charge on any atom is 0.397 e. The van der Waals surface area contributed by atoms with Gasteiger partial charge in [-0.1, -0.05) is 108 Å². The van der Waals surface area contributed by atoms with Crippen molar-refractivity contribution in [3.63, 3.8) is 0 Å². The van der Waals surface area contributed by atoms with E-state index in [1.807, 2.05) is 12.2 Å². The van der Waals surface area contributed by atoms with Crippen molar-refractivity contribution >= 4 is 29.4 Å². The Morgan fingerprint density at radius 2 is 0.778 bits per heavy atom. The molecule has 0 aliphatic carbocycles. The highest BCUT2D eigenvalue weighted by Crippen LogP contribution is 2.56. The minimum atomic E-state index is -1.60. The highest BCUT2D eigenvalue weighted by Gasteiger charge is 2.46. The van der Waals surface area contributed by atoms with Crippen molar-refractivity contribution < 1.29 is 27.1 Å². The molecule has 2 aromatic rings. The molecule has 0 radical (unpaired) electrons. The molecular weight excluding hydrogens is 602 g/mol. The third-order valence-electron chi connectivity index (χ3n) is 8.16. The maximum atomic E-state index is 6.59. The molecule has 6 nitrogen and oxygen atoms in total. The summed E-state index contributed by atoms with van der Waals surface area (Å²) >= 11 is 0. The Bertz CT molecular complexity index is 1210. The molecule has 2 aliphatic heterocycles. The predicted octanol–water partition coefficient (Wildman–Crippen LogP) is 11.2. The largest absolute Gasteiger partial charge is 0.426 e. The minimum absolute atomic E-state index is 0.144. The van der Waals surface area contributed by atoms with Crippen molar-refractivity contribution in [2.75, 3.05) is 26.4 Å². The first-order chi connectivity index (χ1) is 20.7. The van der Waals surface area contributed by atoms with Crippen LogP contribution in [-0.2, 0) is 39.8 Å². The van der Waals surface area contributed by atoms with Crippen molar-refractivity contribution in [1.82, 2.24) is 0 Å². The lowest BCUT2D eigenvalue weighted by Crippen LogP contribution is -2.45. The van der Waals surface area contributed by atoms with E-state index in [0.717, 1.165) is 44.9 Å². The third kappa shape index (κ3) is 8.39. The summed E-state index contributed by atoms with van der Waals surface area (Å²) in [5, 5.41) is 0. The number of hydrogen-bond donors (Lipinski definition) is 0. The molecular formula is C37H54O6P2. The molecule has 0 atom stereocenters. The van der Waals surface area contributed by atoms with Crippen LogP contribution in [0.3, 0.4) is 0 Å². The van der Waals surface area contributed by atoms with Gasteiger partial charge in [-0.2, -0.15) is 0 Å². The molecule has 45 heavy (non-hydrogen) atoms. The zero-order valence-corrected chi connectivity index (χ0v) is 31.3. The van der Waals surface area contributed by atoms with Crippen LogP contribution in [0, 0.1) is 5.41 Å². The van der Waals surface area contributed by atoms with E-state index in [2.05, 4.69) is 121 Å². The van der Waals surface area contributed by atoms with Crippen LogP contribution in [0.25, 0.3) is 12.2 Å². The summed E-state index contributed by atoms with van der Waals surface area (Å²) in [4.78, 5) is 0. The Hall–Kier alpha value is -1.78. The zero-order chi connectivity index (χ0) is 33.6. The van der Waals surface area contributed by atoms with Gasteiger partial charge in [-0.05, 0) is 57.1 Å². The van der Waals surface area contributed by atoms with Gasteiger partial charge in [0.05, 0.1) is 31.8 Å². The second-order valence-electron chi connectivity index (χ2n) is 16.5. The molecule has 1 spiro atoms. The Morgan fingerprint density at radius 1 is 0.533 bits per heavy atom. The Labute approximate surface area is 274 Å². The monoisotopic (exact) mass is 656 g/mol. The lowest BCUT2D eigenvalue weighted by molar-refractivity contribution is -0.0674. The summed E-state index contributed by atoms with van der Waals surface area (Å²) in [7, 11) is -3.20. The Morgan fingerprint density at radius 3 is 0.978 bits per heavy atom. The lowest BCUT2D eigenvalue weighted by atomic mass is 9.78. The first-order valence-electron chi connectivity index (χ1n) is 15.8. The van der Waals surface area contributed by atoms with Crippen molar-refractivity contribution in [3.05, 3.63) is 70.8 Å². The molecule has 248 valence electrons. The van der Waals surface area contributed by atoms with Gasteiger partial charge in [-0.25, -0.2) is 0 Å². The fraction of sp³-hybridized carbons (Fsp3) is 0.568. The smallest absolute Gasteiger partial charge is 0.397 e. The molecule has 2 fully saturated rings. The summed E-state index contributed by atoms with van der Waals surface area (Å²) < 4.78 is 38.3. The molecule has 2 saturated heterocycles. The first-order valence-corrected chi connectivity index (χ1v) is 18.0. The Kier molecular flexibility index (Phi) is 10.4. The minimum Gasteiger partial charge on any atom is -0.426 e. The normalized spacial score (nSPS) is 23.1. The number of rotatable bonds is 6. The topological polar surface area (TPSA) is 55.4 Å². The van der Waals surface area contributed by atoms with Gasteiger partial charge in [0.2, 0.25) is 0 Å². The van der Waals surface area contributed by atoms with Crippen molar-refractivity contribution in [2.24, 2.45) is 5.41 Å². The molecule has 8 heteroatoms. The van der Waals surface area contributed by atoms with Crippen molar-refractivity contribution in [2.45, 2.75) is 105 Å². The van der Waals surface area contributed by atoms with Crippen LogP contribution in [-0.4, -0.2) is 26.4 Å². The van der Waals surface area contributed by atoms with Crippen LogP contribution in [0.4, 0.5) is 0 Å². The molecule has 0 saturated carbocycles. The molecule has 2 aromatic carbocycles. The molecule has 0 N–H and O–H groups in total. The summed E-state index contributed by atoms with van der Waals surface area (Å²) in [5.41, 5.74) is 5.58. The maximum absolute atomic E-state index is 6.59. The van der Waals surface area contributed by atoms with Gasteiger partial charge in [0.15, 0.2) is 0 Å². The third-order valence-corrected chi connectivity index (χ3v) is 10.2.